The van der Waals surface area contributed by atoms with Crippen LogP contribution < -0.4 is 5.32 Å². The van der Waals surface area contributed by atoms with Gasteiger partial charge in [-0.15, -0.1) is 0 Å². The van der Waals surface area contributed by atoms with Crippen molar-refractivity contribution in [1.82, 2.24) is 15.1 Å². The maximum Gasteiger partial charge on any atom is 0.0687 e. The molecule has 0 spiro atoms. The third-order valence-electron chi connectivity index (χ3n) is 3.86. The molecule has 4 nitrogen and oxygen atoms in total. The molecule has 1 rings (SSSR count). The Labute approximate surface area is 129 Å². The van der Waals surface area contributed by atoms with Gasteiger partial charge in [0.25, 0.3) is 0 Å². The van der Waals surface area contributed by atoms with E-state index in [1.807, 2.05) is 23.9 Å². The number of hydrogen-bond donors (Lipinski definition) is 2. The summed E-state index contributed by atoms with van der Waals surface area (Å²) < 4.78 is 2.04. The molecule has 0 fully saturated rings. The topological polar surface area (TPSA) is 50.1 Å². The fourth-order valence-corrected chi connectivity index (χ4v) is 2.52. The fourth-order valence-electron chi connectivity index (χ4n) is 2.52. The van der Waals surface area contributed by atoms with E-state index < -0.39 is 5.60 Å². The third-order valence-corrected chi connectivity index (χ3v) is 3.86. The van der Waals surface area contributed by atoms with E-state index in [4.69, 9.17) is 0 Å². The lowest BCUT2D eigenvalue weighted by atomic mass is 9.95. The first-order chi connectivity index (χ1) is 9.67. The molecule has 0 aliphatic carbocycles. The van der Waals surface area contributed by atoms with Crippen molar-refractivity contribution in [2.24, 2.45) is 0 Å². The molecule has 4 heteroatoms. The molecule has 1 atom stereocenters. The van der Waals surface area contributed by atoms with Crippen LogP contribution in [-0.4, -0.2) is 32.6 Å². The third kappa shape index (κ3) is 6.62. The maximum atomic E-state index is 10.5. The number of nitrogens with one attached hydrogen (secondary N) is 1. The molecule has 0 saturated heterocycles. The number of nitrogens with zero attached hydrogens (tertiary/aromatic N) is 2. The Morgan fingerprint density at radius 3 is 2.38 bits per heavy atom. The molecule has 0 aliphatic heterocycles. The van der Waals surface area contributed by atoms with Crippen LogP contribution in [0.1, 0.15) is 72.5 Å². The van der Waals surface area contributed by atoms with Crippen LogP contribution in [-0.2, 0) is 6.42 Å². The van der Waals surface area contributed by atoms with Crippen molar-refractivity contribution in [3.8, 4) is 0 Å². The van der Waals surface area contributed by atoms with Crippen molar-refractivity contribution in [1.29, 1.82) is 0 Å². The SMILES string of the molecule is CCC(CC)n1ccc(CC(C)(O)CCNC(C)(C)C)n1. The standard InChI is InChI=1S/C17H33N3O/c1-7-15(8-2)20-12-9-14(19-20)13-17(6,21)10-11-18-16(3,4)5/h9,12,15,18,21H,7-8,10-11,13H2,1-6H3. The summed E-state index contributed by atoms with van der Waals surface area (Å²) >= 11 is 0. The van der Waals surface area contributed by atoms with Gasteiger partial charge in [0, 0.05) is 18.2 Å². The van der Waals surface area contributed by atoms with E-state index in [0.29, 0.717) is 12.5 Å². The second kappa shape index (κ2) is 7.41. The molecular formula is C17H33N3O. The zero-order valence-electron chi connectivity index (χ0n) is 14.6. The van der Waals surface area contributed by atoms with E-state index in [1.165, 1.54) is 0 Å². The molecule has 1 aromatic rings. The molecule has 1 heterocycles. The summed E-state index contributed by atoms with van der Waals surface area (Å²) in [6.45, 7) is 13.5. The first-order valence-electron chi connectivity index (χ1n) is 8.18. The van der Waals surface area contributed by atoms with E-state index in [1.54, 1.807) is 0 Å². The van der Waals surface area contributed by atoms with Crippen LogP contribution in [0.4, 0.5) is 0 Å². The lowest BCUT2D eigenvalue weighted by Gasteiger charge is -2.26. The fraction of sp³-hybridized carbons (Fsp3) is 0.824. The van der Waals surface area contributed by atoms with Gasteiger partial charge >= 0.3 is 0 Å². The summed E-state index contributed by atoms with van der Waals surface area (Å²) in [5, 5.41) is 18.6. The van der Waals surface area contributed by atoms with Crippen LogP contribution >= 0.6 is 0 Å². The van der Waals surface area contributed by atoms with Gasteiger partial charge in [0.05, 0.1) is 17.3 Å². The zero-order valence-corrected chi connectivity index (χ0v) is 14.6. The van der Waals surface area contributed by atoms with E-state index in [2.05, 4.69) is 45.0 Å². The van der Waals surface area contributed by atoms with Crippen molar-refractivity contribution < 1.29 is 5.11 Å². The Kier molecular flexibility index (Phi) is 6.41. The first kappa shape index (κ1) is 18.2. The highest BCUT2D eigenvalue weighted by molar-refractivity contribution is 5.04. The minimum atomic E-state index is -0.717. The second-order valence-corrected chi connectivity index (χ2v) is 7.36. The molecule has 21 heavy (non-hydrogen) atoms. The number of aliphatic hydroxyl groups is 1. The van der Waals surface area contributed by atoms with Gasteiger partial charge in [-0.25, -0.2) is 0 Å². The van der Waals surface area contributed by atoms with Crippen molar-refractivity contribution in [2.75, 3.05) is 6.54 Å². The van der Waals surface area contributed by atoms with Gasteiger partial charge in [-0.2, -0.15) is 5.10 Å². The van der Waals surface area contributed by atoms with E-state index in [9.17, 15) is 5.11 Å². The lowest BCUT2D eigenvalue weighted by molar-refractivity contribution is 0.0488. The number of aromatic nitrogens is 2. The Hall–Kier alpha value is -0.870. The quantitative estimate of drug-likeness (QED) is 0.773. The van der Waals surface area contributed by atoms with E-state index >= 15 is 0 Å². The normalized spacial score (nSPS) is 15.4. The van der Waals surface area contributed by atoms with Crippen molar-refractivity contribution in [3.05, 3.63) is 18.0 Å². The predicted molar refractivity (Wildman–Crippen MR) is 88.5 cm³/mol. The molecule has 0 bridgehead atoms. The molecule has 1 unspecified atom stereocenters. The maximum absolute atomic E-state index is 10.5. The van der Waals surface area contributed by atoms with Gasteiger partial charge in [-0.3, -0.25) is 4.68 Å². The Morgan fingerprint density at radius 1 is 1.24 bits per heavy atom. The lowest BCUT2D eigenvalue weighted by Crippen LogP contribution is -2.40. The second-order valence-electron chi connectivity index (χ2n) is 7.36. The summed E-state index contributed by atoms with van der Waals surface area (Å²) in [4.78, 5) is 0. The smallest absolute Gasteiger partial charge is 0.0687 e. The Morgan fingerprint density at radius 2 is 1.86 bits per heavy atom. The highest BCUT2D eigenvalue weighted by Crippen LogP contribution is 2.19. The van der Waals surface area contributed by atoms with Gasteiger partial charge in [0.1, 0.15) is 0 Å². The largest absolute Gasteiger partial charge is 0.390 e. The molecule has 2 N–H and O–H groups in total. The molecule has 0 amide bonds. The summed E-state index contributed by atoms with van der Waals surface area (Å²) in [5.41, 5.74) is 0.348. The Balaban J connectivity index is 2.55. The van der Waals surface area contributed by atoms with Gasteiger partial charge in [-0.05, 0) is 59.6 Å². The predicted octanol–water partition coefficient (Wildman–Crippen LogP) is 3.32. The van der Waals surface area contributed by atoms with Gasteiger partial charge in [-0.1, -0.05) is 13.8 Å². The summed E-state index contributed by atoms with van der Waals surface area (Å²) in [6.07, 6.45) is 5.54. The monoisotopic (exact) mass is 295 g/mol. The van der Waals surface area contributed by atoms with E-state index in [-0.39, 0.29) is 5.54 Å². The van der Waals surface area contributed by atoms with Gasteiger partial charge in [0.15, 0.2) is 0 Å². The summed E-state index contributed by atoms with van der Waals surface area (Å²) in [5.74, 6) is 0. The van der Waals surface area contributed by atoms with Gasteiger partial charge in [0.2, 0.25) is 0 Å². The Bertz CT molecular complexity index is 414. The van der Waals surface area contributed by atoms with Crippen molar-refractivity contribution in [2.45, 2.75) is 84.4 Å². The van der Waals surface area contributed by atoms with Crippen LogP contribution in [0.2, 0.25) is 0 Å². The van der Waals surface area contributed by atoms with Gasteiger partial charge < -0.3 is 10.4 Å². The minimum absolute atomic E-state index is 0.0904. The van der Waals surface area contributed by atoms with Crippen LogP contribution in [0.3, 0.4) is 0 Å². The van der Waals surface area contributed by atoms with Crippen molar-refractivity contribution >= 4 is 0 Å². The molecule has 0 radical (unpaired) electrons. The minimum Gasteiger partial charge on any atom is -0.390 e. The van der Waals surface area contributed by atoms with E-state index in [0.717, 1.165) is 31.5 Å². The highest BCUT2D eigenvalue weighted by atomic mass is 16.3. The van der Waals surface area contributed by atoms with Crippen LogP contribution in [0.5, 0.6) is 0 Å². The molecular weight excluding hydrogens is 262 g/mol. The number of rotatable bonds is 8. The van der Waals surface area contributed by atoms with Crippen LogP contribution in [0, 0.1) is 0 Å². The molecule has 0 aromatic carbocycles. The molecule has 0 saturated carbocycles. The molecule has 1 aromatic heterocycles. The zero-order chi connectivity index (χ0) is 16.1. The molecule has 122 valence electrons. The molecule has 0 aliphatic rings. The summed E-state index contributed by atoms with van der Waals surface area (Å²) in [7, 11) is 0. The first-order valence-corrected chi connectivity index (χ1v) is 8.18. The van der Waals surface area contributed by atoms with Crippen LogP contribution in [0.25, 0.3) is 0 Å². The van der Waals surface area contributed by atoms with Crippen molar-refractivity contribution in [3.63, 3.8) is 0 Å². The number of hydrogen-bond acceptors (Lipinski definition) is 3. The average molecular weight is 295 g/mol. The summed E-state index contributed by atoms with van der Waals surface area (Å²) in [6, 6.07) is 2.50. The average Bonchev–Trinajstić information content (AvgIpc) is 2.76. The highest BCUT2D eigenvalue weighted by Gasteiger charge is 2.23. The van der Waals surface area contributed by atoms with Crippen LogP contribution in [0.15, 0.2) is 12.3 Å².